The van der Waals surface area contributed by atoms with Gasteiger partial charge in [0.2, 0.25) is 0 Å². The lowest BCUT2D eigenvalue weighted by molar-refractivity contribution is 0.315. The van der Waals surface area contributed by atoms with Crippen molar-refractivity contribution in [3.63, 3.8) is 0 Å². The molecule has 0 spiro atoms. The van der Waals surface area contributed by atoms with Gasteiger partial charge in [-0.25, -0.2) is 4.63 Å². The van der Waals surface area contributed by atoms with Crippen LogP contribution in [0.15, 0.2) is 22.8 Å². The van der Waals surface area contributed by atoms with Crippen LogP contribution in [0.25, 0.3) is 11.0 Å². The number of thiocarbonyl (C=S) groups is 1. The average Bonchev–Trinajstić information content (AvgIpc) is 2.49. The van der Waals surface area contributed by atoms with E-state index >= 15 is 0 Å². The third kappa shape index (κ3) is 1.57. The number of benzene rings is 1. The predicted octanol–water partition coefficient (Wildman–Crippen LogP) is 0.878. The minimum absolute atomic E-state index is 0.218. The van der Waals surface area contributed by atoms with E-state index in [1.165, 1.54) is 0 Å². The van der Waals surface area contributed by atoms with Gasteiger partial charge in [-0.1, -0.05) is 0 Å². The summed E-state index contributed by atoms with van der Waals surface area (Å²) in [5, 5.41) is 10.3. The molecule has 66 valence electrons. The van der Waals surface area contributed by atoms with Crippen LogP contribution in [0.1, 0.15) is 0 Å². The summed E-state index contributed by atoms with van der Waals surface area (Å²) < 4.78 is 4.53. The van der Waals surface area contributed by atoms with Gasteiger partial charge in [0.15, 0.2) is 5.11 Å². The Hall–Kier alpha value is -1.69. The largest absolute Gasteiger partial charge is 0.376 e. The second-order valence-electron chi connectivity index (χ2n) is 2.46. The van der Waals surface area contributed by atoms with Crippen LogP contribution in [0.2, 0.25) is 0 Å². The Kier molecular flexibility index (Phi) is 1.82. The van der Waals surface area contributed by atoms with Crippen LogP contribution in [-0.4, -0.2) is 15.4 Å². The van der Waals surface area contributed by atoms with E-state index in [-0.39, 0.29) is 5.11 Å². The van der Waals surface area contributed by atoms with Gasteiger partial charge in [0.05, 0.1) is 0 Å². The zero-order valence-electron chi connectivity index (χ0n) is 6.52. The van der Waals surface area contributed by atoms with Gasteiger partial charge >= 0.3 is 0 Å². The number of nitrogens with two attached hydrogens (primary N) is 1. The highest BCUT2D eigenvalue weighted by Gasteiger charge is 2.00. The Bertz CT molecular complexity index is 452. The number of hydrogen-bond acceptors (Lipinski definition) is 4. The van der Waals surface area contributed by atoms with Crippen molar-refractivity contribution in [2.45, 2.75) is 0 Å². The van der Waals surface area contributed by atoms with E-state index in [1.54, 1.807) is 18.2 Å². The van der Waals surface area contributed by atoms with Gasteiger partial charge in [-0.2, -0.15) is 0 Å². The first-order valence-corrected chi connectivity index (χ1v) is 3.95. The van der Waals surface area contributed by atoms with Crippen molar-refractivity contribution in [2.24, 2.45) is 5.73 Å². The molecule has 2 rings (SSSR count). The molecular weight excluding hydrogens is 188 g/mol. The topological polar surface area (TPSA) is 77.0 Å². The molecule has 2 aromatic rings. The van der Waals surface area contributed by atoms with Crippen LogP contribution in [-0.2, 0) is 0 Å². The zero-order valence-corrected chi connectivity index (χ0v) is 7.34. The highest BCUT2D eigenvalue weighted by molar-refractivity contribution is 7.80. The molecule has 0 bridgehead atoms. The van der Waals surface area contributed by atoms with Gasteiger partial charge in [0.1, 0.15) is 11.0 Å². The first kappa shape index (κ1) is 7.93. The SMILES string of the molecule is NC(=S)Nc1ccc2nonc2c1. The molecule has 5 nitrogen and oxygen atoms in total. The molecule has 0 aliphatic heterocycles. The Morgan fingerprint density at radius 1 is 1.38 bits per heavy atom. The molecule has 0 aliphatic carbocycles. The normalized spacial score (nSPS) is 10.2. The Balaban J connectivity index is 2.42. The van der Waals surface area contributed by atoms with Gasteiger partial charge in [-0.05, 0) is 40.7 Å². The molecule has 0 atom stereocenters. The highest BCUT2D eigenvalue weighted by Crippen LogP contribution is 2.14. The molecule has 0 radical (unpaired) electrons. The second kappa shape index (κ2) is 2.98. The molecule has 13 heavy (non-hydrogen) atoms. The quantitative estimate of drug-likeness (QED) is 0.656. The fourth-order valence-electron chi connectivity index (χ4n) is 1.00. The summed E-state index contributed by atoms with van der Waals surface area (Å²) in [6, 6.07) is 5.32. The minimum atomic E-state index is 0.218. The molecule has 0 saturated heterocycles. The van der Waals surface area contributed by atoms with Crippen LogP contribution < -0.4 is 11.1 Å². The number of rotatable bonds is 1. The van der Waals surface area contributed by atoms with Crippen molar-refractivity contribution in [2.75, 3.05) is 5.32 Å². The Labute approximate surface area is 78.9 Å². The summed E-state index contributed by atoms with van der Waals surface area (Å²) in [7, 11) is 0. The standard InChI is InChI=1S/C7H6N4OS/c8-7(13)9-4-1-2-5-6(3-4)11-12-10-5/h1-3H,(H3,8,9,13). The zero-order chi connectivity index (χ0) is 9.26. The van der Waals surface area contributed by atoms with Gasteiger partial charge in [-0.3, -0.25) is 0 Å². The van der Waals surface area contributed by atoms with E-state index in [4.69, 9.17) is 5.73 Å². The van der Waals surface area contributed by atoms with Crippen molar-refractivity contribution >= 4 is 34.1 Å². The van der Waals surface area contributed by atoms with Crippen LogP contribution in [0.5, 0.6) is 0 Å². The second-order valence-corrected chi connectivity index (χ2v) is 2.90. The maximum atomic E-state index is 5.30. The van der Waals surface area contributed by atoms with E-state index in [0.717, 1.165) is 5.69 Å². The molecule has 6 heteroatoms. The van der Waals surface area contributed by atoms with E-state index in [1.807, 2.05) is 0 Å². The van der Waals surface area contributed by atoms with Crippen LogP contribution in [0.4, 0.5) is 5.69 Å². The summed E-state index contributed by atoms with van der Waals surface area (Å²) in [5.41, 5.74) is 7.45. The summed E-state index contributed by atoms with van der Waals surface area (Å²) in [5.74, 6) is 0. The molecule has 1 aromatic heterocycles. The molecule has 3 N–H and O–H groups in total. The number of fused-ring (bicyclic) bond motifs is 1. The number of nitrogens with zero attached hydrogens (tertiary/aromatic N) is 2. The molecule has 0 amide bonds. The van der Waals surface area contributed by atoms with E-state index in [2.05, 4.69) is 32.5 Å². The lowest BCUT2D eigenvalue weighted by atomic mass is 10.3. The maximum Gasteiger partial charge on any atom is 0.168 e. The Morgan fingerprint density at radius 3 is 2.92 bits per heavy atom. The summed E-state index contributed by atoms with van der Waals surface area (Å²) in [6.45, 7) is 0. The first-order chi connectivity index (χ1) is 6.25. The number of anilines is 1. The van der Waals surface area contributed by atoms with Crippen LogP contribution >= 0.6 is 12.2 Å². The average molecular weight is 194 g/mol. The lowest BCUT2D eigenvalue weighted by Gasteiger charge is -2.01. The van der Waals surface area contributed by atoms with Gasteiger partial charge in [-0.15, -0.1) is 0 Å². The fourth-order valence-corrected chi connectivity index (χ4v) is 1.12. The molecule has 0 unspecified atom stereocenters. The van der Waals surface area contributed by atoms with Crippen LogP contribution in [0.3, 0.4) is 0 Å². The minimum Gasteiger partial charge on any atom is -0.376 e. The van der Waals surface area contributed by atoms with Crippen molar-refractivity contribution in [3.8, 4) is 0 Å². The number of nitrogens with one attached hydrogen (secondary N) is 1. The number of aromatic nitrogens is 2. The third-order valence-electron chi connectivity index (χ3n) is 1.52. The molecule has 0 saturated carbocycles. The Morgan fingerprint density at radius 2 is 2.15 bits per heavy atom. The fraction of sp³-hybridized carbons (Fsp3) is 0. The molecule has 1 aromatic carbocycles. The molecule has 0 fully saturated rings. The van der Waals surface area contributed by atoms with Crippen molar-refractivity contribution in [1.82, 2.24) is 10.3 Å². The molecule has 1 heterocycles. The third-order valence-corrected chi connectivity index (χ3v) is 1.62. The van der Waals surface area contributed by atoms with Crippen molar-refractivity contribution < 1.29 is 4.63 Å². The summed E-state index contributed by atoms with van der Waals surface area (Å²) in [4.78, 5) is 0. The van der Waals surface area contributed by atoms with Crippen molar-refractivity contribution in [3.05, 3.63) is 18.2 Å². The van der Waals surface area contributed by atoms with E-state index in [9.17, 15) is 0 Å². The van der Waals surface area contributed by atoms with Gasteiger partial charge in [0, 0.05) is 5.69 Å². The molecule has 0 aliphatic rings. The van der Waals surface area contributed by atoms with Crippen molar-refractivity contribution in [1.29, 1.82) is 0 Å². The smallest absolute Gasteiger partial charge is 0.168 e. The lowest BCUT2D eigenvalue weighted by Crippen LogP contribution is -2.18. The van der Waals surface area contributed by atoms with E-state index < -0.39 is 0 Å². The van der Waals surface area contributed by atoms with Crippen LogP contribution in [0, 0.1) is 0 Å². The summed E-state index contributed by atoms with van der Waals surface area (Å²) >= 11 is 4.69. The number of hydrogen-bond donors (Lipinski definition) is 2. The predicted molar refractivity (Wildman–Crippen MR) is 52.2 cm³/mol. The first-order valence-electron chi connectivity index (χ1n) is 3.54. The summed E-state index contributed by atoms with van der Waals surface area (Å²) in [6.07, 6.45) is 0. The van der Waals surface area contributed by atoms with E-state index in [0.29, 0.717) is 11.0 Å². The molecular formula is C7H6N4OS. The maximum absolute atomic E-state index is 5.30. The van der Waals surface area contributed by atoms with Gasteiger partial charge in [0.25, 0.3) is 0 Å². The highest BCUT2D eigenvalue weighted by atomic mass is 32.1. The monoisotopic (exact) mass is 194 g/mol. The van der Waals surface area contributed by atoms with Gasteiger partial charge < -0.3 is 11.1 Å².